The number of aromatic nitrogens is 2. The fourth-order valence-corrected chi connectivity index (χ4v) is 4.45. The van der Waals surface area contributed by atoms with E-state index >= 15 is 0 Å². The predicted octanol–water partition coefficient (Wildman–Crippen LogP) is 3.56. The SMILES string of the molecule is COc1ccc(N2CCN(c3cc(SCC(=O)Nc4cc(OC)cc(OC)c4)ncn3)CC2)cc1. The molecule has 0 bridgehead atoms. The summed E-state index contributed by atoms with van der Waals surface area (Å²) < 4.78 is 15.8. The number of anilines is 3. The van der Waals surface area contributed by atoms with Gasteiger partial charge in [0.15, 0.2) is 0 Å². The smallest absolute Gasteiger partial charge is 0.234 e. The Balaban J connectivity index is 1.30. The third-order valence-corrected chi connectivity index (χ3v) is 6.58. The molecule has 0 aliphatic carbocycles. The van der Waals surface area contributed by atoms with Gasteiger partial charge in [-0.25, -0.2) is 9.97 Å². The molecule has 1 aliphatic rings. The van der Waals surface area contributed by atoms with E-state index in [1.807, 2.05) is 18.2 Å². The zero-order valence-electron chi connectivity index (χ0n) is 20.1. The Bertz CT molecular complexity index is 1110. The van der Waals surface area contributed by atoms with Crippen LogP contribution in [0.1, 0.15) is 0 Å². The summed E-state index contributed by atoms with van der Waals surface area (Å²) in [5.74, 6) is 3.03. The molecule has 2 heterocycles. The van der Waals surface area contributed by atoms with Gasteiger partial charge in [0.2, 0.25) is 5.91 Å². The normalized spacial score (nSPS) is 13.3. The second-order valence-electron chi connectivity index (χ2n) is 7.82. The number of benzene rings is 2. The van der Waals surface area contributed by atoms with E-state index in [0.717, 1.165) is 42.8 Å². The summed E-state index contributed by atoms with van der Waals surface area (Å²) >= 11 is 1.37. The minimum absolute atomic E-state index is 0.140. The molecular formula is C25H29N5O4S. The van der Waals surface area contributed by atoms with Crippen molar-refractivity contribution in [2.24, 2.45) is 0 Å². The standard InChI is InChI=1S/C25H29N5O4S/c1-32-20-6-4-19(5-7-20)29-8-10-30(11-9-29)23-15-25(27-17-26-23)35-16-24(31)28-18-12-21(33-2)14-22(13-18)34-3/h4-7,12-15,17H,8-11,16H2,1-3H3,(H,28,31). The van der Waals surface area contributed by atoms with Crippen LogP contribution in [0.5, 0.6) is 17.2 Å². The van der Waals surface area contributed by atoms with Crippen LogP contribution < -0.4 is 29.3 Å². The van der Waals surface area contributed by atoms with Gasteiger partial charge < -0.3 is 29.3 Å². The van der Waals surface area contributed by atoms with Crippen LogP contribution in [0.3, 0.4) is 0 Å². The zero-order valence-corrected chi connectivity index (χ0v) is 20.9. The first-order valence-electron chi connectivity index (χ1n) is 11.2. The van der Waals surface area contributed by atoms with Gasteiger partial charge in [0.05, 0.1) is 27.1 Å². The Hall–Kier alpha value is -3.66. The lowest BCUT2D eigenvalue weighted by atomic mass is 10.2. The van der Waals surface area contributed by atoms with Gasteiger partial charge in [-0.1, -0.05) is 11.8 Å². The number of nitrogens with one attached hydrogen (secondary N) is 1. The molecule has 1 amide bonds. The monoisotopic (exact) mass is 495 g/mol. The summed E-state index contributed by atoms with van der Waals surface area (Å²) in [5, 5.41) is 3.64. The second-order valence-corrected chi connectivity index (χ2v) is 8.82. The molecule has 35 heavy (non-hydrogen) atoms. The van der Waals surface area contributed by atoms with Gasteiger partial charge in [-0.15, -0.1) is 0 Å². The molecule has 3 aromatic rings. The molecule has 0 saturated carbocycles. The van der Waals surface area contributed by atoms with Crippen molar-refractivity contribution >= 4 is 34.9 Å². The molecule has 10 heteroatoms. The highest BCUT2D eigenvalue weighted by atomic mass is 32.2. The summed E-state index contributed by atoms with van der Waals surface area (Å²) in [6, 6.07) is 15.3. The highest BCUT2D eigenvalue weighted by Crippen LogP contribution is 2.27. The molecule has 1 aromatic heterocycles. The Morgan fingerprint density at radius 2 is 1.49 bits per heavy atom. The summed E-state index contributed by atoms with van der Waals surface area (Å²) in [6.45, 7) is 3.49. The summed E-state index contributed by atoms with van der Waals surface area (Å²) in [7, 11) is 4.82. The van der Waals surface area contributed by atoms with Gasteiger partial charge in [-0.05, 0) is 24.3 Å². The van der Waals surface area contributed by atoms with Crippen molar-refractivity contribution < 1.29 is 19.0 Å². The van der Waals surface area contributed by atoms with Crippen molar-refractivity contribution in [2.45, 2.75) is 5.03 Å². The highest BCUT2D eigenvalue weighted by molar-refractivity contribution is 7.99. The van der Waals surface area contributed by atoms with Crippen LogP contribution in [0.15, 0.2) is 59.9 Å². The number of ether oxygens (including phenoxy) is 3. The van der Waals surface area contributed by atoms with Crippen molar-refractivity contribution in [3.8, 4) is 17.2 Å². The fraction of sp³-hybridized carbons (Fsp3) is 0.320. The maximum absolute atomic E-state index is 12.5. The van der Waals surface area contributed by atoms with Crippen molar-refractivity contribution in [3.05, 3.63) is 54.9 Å². The van der Waals surface area contributed by atoms with E-state index in [0.29, 0.717) is 17.2 Å². The molecule has 184 valence electrons. The van der Waals surface area contributed by atoms with Crippen molar-refractivity contribution in [1.82, 2.24) is 9.97 Å². The number of carbonyl (C=O) groups is 1. The Morgan fingerprint density at radius 1 is 0.857 bits per heavy atom. The molecule has 2 aromatic carbocycles. The van der Waals surface area contributed by atoms with Crippen LogP contribution in [-0.4, -0.2) is 69.1 Å². The number of hydrogen-bond acceptors (Lipinski definition) is 9. The van der Waals surface area contributed by atoms with Crippen LogP contribution >= 0.6 is 11.8 Å². The average Bonchev–Trinajstić information content (AvgIpc) is 2.92. The minimum atomic E-state index is -0.140. The van der Waals surface area contributed by atoms with Crippen LogP contribution in [0, 0.1) is 0 Å². The predicted molar refractivity (Wildman–Crippen MR) is 138 cm³/mol. The zero-order chi connectivity index (χ0) is 24.6. The van der Waals surface area contributed by atoms with Crippen LogP contribution in [0.25, 0.3) is 0 Å². The third-order valence-electron chi connectivity index (χ3n) is 5.66. The second kappa shape index (κ2) is 11.7. The first-order valence-corrected chi connectivity index (χ1v) is 12.2. The molecule has 1 aliphatic heterocycles. The lowest BCUT2D eigenvalue weighted by Gasteiger charge is -2.36. The third kappa shape index (κ3) is 6.48. The average molecular weight is 496 g/mol. The topological polar surface area (TPSA) is 89.1 Å². The number of hydrogen-bond donors (Lipinski definition) is 1. The van der Waals surface area contributed by atoms with Gasteiger partial charge in [0.1, 0.15) is 34.4 Å². The summed E-state index contributed by atoms with van der Waals surface area (Å²) in [5.41, 5.74) is 1.80. The molecule has 0 unspecified atom stereocenters. The molecule has 4 rings (SSSR count). The fourth-order valence-electron chi connectivity index (χ4n) is 3.78. The quantitative estimate of drug-likeness (QED) is 0.354. The number of piperazine rings is 1. The van der Waals surface area contributed by atoms with E-state index in [-0.39, 0.29) is 11.7 Å². The number of thioether (sulfide) groups is 1. The van der Waals surface area contributed by atoms with E-state index in [4.69, 9.17) is 14.2 Å². The van der Waals surface area contributed by atoms with E-state index in [9.17, 15) is 4.79 Å². The maximum Gasteiger partial charge on any atom is 0.234 e. The Labute approximate surface area is 209 Å². The van der Waals surface area contributed by atoms with E-state index < -0.39 is 0 Å². The number of rotatable bonds is 9. The largest absolute Gasteiger partial charge is 0.497 e. The van der Waals surface area contributed by atoms with E-state index in [1.54, 1.807) is 45.9 Å². The van der Waals surface area contributed by atoms with E-state index in [2.05, 4.69) is 37.2 Å². The first-order chi connectivity index (χ1) is 17.1. The van der Waals surface area contributed by atoms with Gasteiger partial charge in [-0.3, -0.25) is 4.79 Å². The Kier molecular flexibility index (Phi) is 8.15. The number of nitrogens with zero attached hydrogens (tertiary/aromatic N) is 4. The molecule has 0 spiro atoms. The van der Waals surface area contributed by atoms with Crippen LogP contribution in [-0.2, 0) is 4.79 Å². The highest BCUT2D eigenvalue weighted by Gasteiger charge is 2.19. The lowest BCUT2D eigenvalue weighted by Crippen LogP contribution is -2.46. The van der Waals surface area contributed by atoms with E-state index in [1.165, 1.54) is 17.4 Å². The molecule has 1 saturated heterocycles. The van der Waals surface area contributed by atoms with Crippen molar-refractivity contribution in [3.63, 3.8) is 0 Å². The lowest BCUT2D eigenvalue weighted by molar-refractivity contribution is -0.113. The first kappa shape index (κ1) is 24.5. The van der Waals surface area contributed by atoms with Crippen molar-refractivity contribution in [2.75, 3.05) is 68.4 Å². The van der Waals surface area contributed by atoms with Gasteiger partial charge in [-0.2, -0.15) is 0 Å². The molecule has 1 N–H and O–H groups in total. The molecule has 9 nitrogen and oxygen atoms in total. The summed E-state index contributed by atoms with van der Waals surface area (Å²) in [4.78, 5) is 25.9. The Morgan fingerprint density at radius 3 is 2.11 bits per heavy atom. The van der Waals surface area contributed by atoms with Gasteiger partial charge >= 0.3 is 0 Å². The van der Waals surface area contributed by atoms with Gasteiger partial charge in [0.25, 0.3) is 0 Å². The molecule has 0 radical (unpaired) electrons. The van der Waals surface area contributed by atoms with Crippen molar-refractivity contribution in [1.29, 1.82) is 0 Å². The molecular weight excluding hydrogens is 466 g/mol. The van der Waals surface area contributed by atoms with Gasteiger partial charge in [0, 0.05) is 61.8 Å². The number of amides is 1. The minimum Gasteiger partial charge on any atom is -0.497 e. The van der Waals surface area contributed by atoms with Crippen LogP contribution in [0.2, 0.25) is 0 Å². The number of carbonyl (C=O) groups excluding carboxylic acids is 1. The molecule has 1 fully saturated rings. The summed E-state index contributed by atoms with van der Waals surface area (Å²) in [6.07, 6.45) is 1.55. The maximum atomic E-state index is 12.5. The van der Waals surface area contributed by atoms with Crippen LogP contribution in [0.4, 0.5) is 17.2 Å². The number of methoxy groups -OCH3 is 3. The molecule has 0 atom stereocenters.